The average molecular weight is 225 g/mol. The molecule has 0 radical (unpaired) electrons. The Morgan fingerprint density at radius 3 is 2.75 bits per heavy atom. The summed E-state index contributed by atoms with van der Waals surface area (Å²) in [6.45, 7) is 2.96. The Balaban J connectivity index is 2.76. The fraction of sp³-hybridized carbons (Fsp3) is 0.600. The highest BCUT2D eigenvalue weighted by Crippen LogP contribution is 2.26. The first-order valence-electron chi connectivity index (χ1n) is 5.10. The fourth-order valence-corrected chi connectivity index (χ4v) is 1.52. The van der Waals surface area contributed by atoms with Crippen LogP contribution in [0.5, 0.6) is 5.75 Å². The molecule has 0 fully saturated rings. The zero-order chi connectivity index (χ0) is 12.1. The Hall–Kier alpha value is -1.56. The van der Waals surface area contributed by atoms with E-state index in [0.29, 0.717) is 17.4 Å². The minimum absolute atomic E-state index is 0.248. The van der Waals surface area contributed by atoms with Crippen molar-refractivity contribution in [2.45, 2.75) is 13.0 Å². The molecule has 1 aromatic heterocycles. The molecule has 0 aromatic carbocycles. The molecule has 1 unspecified atom stereocenters. The summed E-state index contributed by atoms with van der Waals surface area (Å²) in [6, 6.07) is 0.248. The maximum Gasteiger partial charge on any atom is 0.203 e. The van der Waals surface area contributed by atoms with Gasteiger partial charge < -0.3 is 20.7 Å². The van der Waals surface area contributed by atoms with Crippen LogP contribution in [0.2, 0.25) is 0 Å². The van der Waals surface area contributed by atoms with Crippen LogP contribution in [0.15, 0.2) is 6.33 Å². The van der Waals surface area contributed by atoms with Crippen molar-refractivity contribution in [3.05, 3.63) is 6.33 Å². The molecule has 0 aliphatic heterocycles. The molecular formula is C10H19N5O. The van der Waals surface area contributed by atoms with Gasteiger partial charge >= 0.3 is 0 Å². The Morgan fingerprint density at radius 1 is 1.50 bits per heavy atom. The Bertz CT molecular complexity index is 342. The number of likely N-dealkylation sites (N-methyl/N-ethyl adjacent to an activating group) is 1. The molecule has 90 valence electrons. The molecule has 0 spiro atoms. The number of hydrogen-bond acceptors (Lipinski definition) is 6. The smallest absolute Gasteiger partial charge is 0.203 e. The quantitative estimate of drug-likeness (QED) is 0.756. The molecular weight excluding hydrogens is 206 g/mol. The van der Waals surface area contributed by atoms with Crippen molar-refractivity contribution in [2.75, 3.05) is 38.8 Å². The average Bonchev–Trinajstić information content (AvgIpc) is 2.16. The van der Waals surface area contributed by atoms with Crippen LogP contribution in [0.1, 0.15) is 6.92 Å². The van der Waals surface area contributed by atoms with Gasteiger partial charge in [0.2, 0.25) is 5.75 Å². The van der Waals surface area contributed by atoms with E-state index in [2.05, 4.69) is 27.1 Å². The normalized spacial score (nSPS) is 12.6. The van der Waals surface area contributed by atoms with E-state index in [9.17, 15) is 0 Å². The molecule has 0 saturated carbocycles. The van der Waals surface area contributed by atoms with Gasteiger partial charge in [-0.3, -0.25) is 0 Å². The lowest BCUT2D eigenvalue weighted by Gasteiger charge is -2.20. The van der Waals surface area contributed by atoms with Crippen molar-refractivity contribution in [3.8, 4) is 5.75 Å². The van der Waals surface area contributed by atoms with Crippen LogP contribution < -0.4 is 15.8 Å². The summed E-state index contributed by atoms with van der Waals surface area (Å²) in [7, 11) is 5.59. The van der Waals surface area contributed by atoms with Crippen LogP contribution in [-0.4, -0.2) is 48.7 Å². The summed E-state index contributed by atoms with van der Waals surface area (Å²) in [6.07, 6.45) is 1.42. The summed E-state index contributed by atoms with van der Waals surface area (Å²) in [4.78, 5) is 10.1. The molecule has 0 bridgehead atoms. The first-order chi connectivity index (χ1) is 7.54. The molecule has 16 heavy (non-hydrogen) atoms. The Kier molecular flexibility index (Phi) is 4.30. The number of ether oxygens (including phenoxy) is 1. The highest BCUT2D eigenvalue weighted by atomic mass is 16.5. The van der Waals surface area contributed by atoms with E-state index in [0.717, 1.165) is 6.54 Å². The van der Waals surface area contributed by atoms with Gasteiger partial charge in [0.15, 0.2) is 11.6 Å². The van der Waals surface area contributed by atoms with E-state index >= 15 is 0 Å². The van der Waals surface area contributed by atoms with Gasteiger partial charge in [-0.1, -0.05) is 0 Å². The lowest BCUT2D eigenvalue weighted by Crippen LogP contribution is -2.30. The van der Waals surface area contributed by atoms with Gasteiger partial charge in [0.25, 0.3) is 0 Å². The molecule has 1 heterocycles. The Morgan fingerprint density at radius 2 is 2.19 bits per heavy atom. The standard InChI is InChI=1S/C10H19N5O/c1-7(5-15(2)3)14-10-8(16-4)9(11)12-6-13-10/h6-7H,5H2,1-4H3,(H3,11,12,13,14). The van der Waals surface area contributed by atoms with Crippen LogP contribution in [0, 0.1) is 0 Å². The van der Waals surface area contributed by atoms with Gasteiger partial charge in [-0.25, -0.2) is 9.97 Å². The monoisotopic (exact) mass is 225 g/mol. The number of anilines is 2. The summed E-state index contributed by atoms with van der Waals surface area (Å²) in [5.41, 5.74) is 5.68. The summed E-state index contributed by atoms with van der Waals surface area (Å²) in [5, 5.41) is 3.24. The van der Waals surface area contributed by atoms with E-state index < -0.39 is 0 Å². The van der Waals surface area contributed by atoms with E-state index in [1.54, 1.807) is 7.11 Å². The lowest BCUT2D eigenvalue weighted by molar-refractivity contribution is 0.388. The topological polar surface area (TPSA) is 76.3 Å². The minimum atomic E-state index is 0.248. The predicted octanol–water partition coefficient (Wildman–Crippen LogP) is 0.429. The van der Waals surface area contributed by atoms with Crippen LogP contribution in [0.4, 0.5) is 11.6 Å². The molecule has 1 aromatic rings. The summed E-state index contributed by atoms with van der Waals surface area (Å²) in [5.74, 6) is 1.47. The second kappa shape index (κ2) is 5.50. The van der Waals surface area contributed by atoms with Gasteiger partial charge in [-0.2, -0.15) is 0 Å². The van der Waals surface area contributed by atoms with E-state index in [1.807, 2.05) is 14.1 Å². The molecule has 0 amide bonds. The molecule has 0 aliphatic rings. The predicted molar refractivity (Wildman–Crippen MR) is 64.6 cm³/mol. The number of nitrogens with zero attached hydrogens (tertiary/aromatic N) is 3. The zero-order valence-electron chi connectivity index (χ0n) is 10.2. The van der Waals surface area contributed by atoms with Crippen molar-refractivity contribution in [1.29, 1.82) is 0 Å². The van der Waals surface area contributed by atoms with Gasteiger partial charge in [-0.05, 0) is 21.0 Å². The number of methoxy groups -OCH3 is 1. The number of nitrogen functional groups attached to an aromatic ring is 1. The van der Waals surface area contributed by atoms with Gasteiger partial charge in [-0.15, -0.1) is 0 Å². The van der Waals surface area contributed by atoms with E-state index in [-0.39, 0.29) is 6.04 Å². The van der Waals surface area contributed by atoms with Gasteiger partial charge in [0, 0.05) is 12.6 Å². The maximum atomic E-state index is 5.68. The van der Waals surface area contributed by atoms with Crippen LogP contribution in [-0.2, 0) is 0 Å². The summed E-state index contributed by atoms with van der Waals surface area (Å²) >= 11 is 0. The fourth-order valence-electron chi connectivity index (χ4n) is 1.52. The first-order valence-corrected chi connectivity index (χ1v) is 5.10. The molecule has 0 aliphatic carbocycles. The number of hydrogen-bond donors (Lipinski definition) is 2. The van der Waals surface area contributed by atoms with Crippen LogP contribution in [0.3, 0.4) is 0 Å². The highest BCUT2D eigenvalue weighted by Gasteiger charge is 2.12. The van der Waals surface area contributed by atoms with E-state index in [1.165, 1.54) is 6.33 Å². The number of nitrogens with two attached hydrogens (primary N) is 1. The number of nitrogens with one attached hydrogen (secondary N) is 1. The third-order valence-corrected chi connectivity index (χ3v) is 2.06. The van der Waals surface area contributed by atoms with Crippen molar-refractivity contribution >= 4 is 11.6 Å². The molecule has 3 N–H and O–H groups in total. The molecule has 0 saturated heterocycles. The molecule has 1 atom stereocenters. The van der Waals surface area contributed by atoms with Crippen molar-refractivity contribution in [1.82, 2.24) is 14.9 Å². The molecule has 1 rings (SSSR count). The van der Waals surface area contributed by atoms with Gasteiger partial charge in [0.05, 0.1) is 7.11 Å². The number of rotatable bonds is 5. The van der Waals surface area contributed by atoms with Crippen LogP contribution in [0.25, 0.3) is 0 Å². The third-order valence-electron chi connectivity index (χ3n) is 2.06. The third kappa shape index (κ3) is 3.23. The second-order valence-electron chi connectivity index (χ2n) is 3.95. The van der Waals surface area contributed by atoms with Crippen molar-refractivity contribution in [2.24, 2.45) is 0 Å². The minimum Gasteiger partial charge on any atom is -0.490 e. The highest BCUT2D eigenvalue weighted by molar-refractivity contribution is 5.61. The van der Waals surface area contributed by atoms with E-state index in [4.69, 9.17) is 10.5 Å². The number of aromatic nitrogens is 2. The SMILES string of the molecule is COc1c(N)ncnc1NC(C)CN(C)C. The van der Waals surface area contributed by atoms with Crippen LogP contribution >= 0.6 is 0 Å². The largest absolute Gasteiger partial charge is 0.490 e. The Labute approximate surface area is 95.8 Å². The first kappa shape index (κ1) is 12.5. The van der Waals surface area contributed by atoms with Gasteiger partial charge in [0.1, 0.15) is 6.33 Å². The summed E-state index contributed by atoms with van der Waals surface area (Å²) < 4.78 is 5.16. The van der Waals surface area contributed by atoms with Crippen molar-refractivity contribution in [3.63, 3.8) is 0 Å². The second-order valence-corrected chi connectivity index (χ2v) is 3.95. The molecule has 6 heteroatoms. The maximum absolute atomic E-state index is 5.68. The zero-order valence-corrected chi connectivity index (χ0v) is 10.2. The molecule has 6 nitrogen and oxygen atoms in total. The van der Waals surface area contributed by atoms with Crippen molar-refractivity contribution < 1.29 is 4.74 Å². The lowest BCUT2D eigenvalue weighted by atomic mass is 10.3.